The molecule has 0 bridgehead atoms. The topological polar surface area (TPSA) is 88.7 Å². The van der Waals surface area contributed by atoms with Gasteiger partial charge in [0.05, 0.1) is 23.9 Å². The van der Waals surface area contributed by atoms with Gasteiger partial charge in [0.1, 0.15) is 5.69 Å². The third kappa shape index (κ3) is 2.39. The Bertz CT molecular complexity index is 398. The summed E-state index contributed by atoms with van der Waals surface area (Å²) in [5.41, 5.74) is 10.8. The summed E-state index contributed by atoms with van der Waals surface area (Å²) in [4.78, 5) is 3.62. The van der Waals surface area contributed by atoms with Crippen LogP contribution in [0.4, 0.5) is 14.5 Å². The molecule has 0 unspecified atom stereocenters. The lowest BCUT2D eigenvalue weighted by Crippen LogP contribution is -2.09. The molecule has 0 aliphatic heterocycles. The molecule has 4 nitrogen and oxygen atoms in total. The number of nitrogen functional groups attached to an aromatic ring is 1. The van der Waals surface area contributed by atoms with Crippen LogP contribution in [-0.2, 0) is 13.0 Å². The van der Waals surface area contributed by atoms with Crippen molar-refractivity contribution in [3.8, 4) is 6.07 Å². The summed E-state index contributed by atoms with van der Waals surface area (Å²) in [6.45, 7) is 0.0401. The van der Waals surface area contributed by atoms with E-state index in [-0.39, 0.29) is 18.7 Å². The summed E-state index contributed by atoms with van der Waals surface area (Å²) in [5.74, 6) is 0. The van der Waals surface area contributed by atoms with E-state index in [1.807, 2.05) is 6.07 Å². The molecule has 0 aliphatic carbocycles. The van der Waals surface area contributed by atoms with Crippen LogP contribution in [0.2, 0.25) is 0 Å². The van der Waals surface area contributed by atoms with E-state index in [0.717, 1.165) is 0 Å². The fourth-order valence-corrected chi connectivity index (χ4v) is 1.19. The largest absolute Gasteiger partial charge is 0.397 e. The van der Waals surface area contributed by atoms with E-state index in [4.69, 9.17) is 16.7 Å². The summed E-state index contributed by atoms with van der Waals surface area (Å²) < 4.78 is 25.0. The van der Waals surface area contributed by atoms with Crippen molar-refractivity contribution in [3.05, 3.63) is 23.0 Å². The van der Waals surface area contributed by atoms with Gasteiger partial charge in [0.2, 0.25) is 0 Å². The van der Waals surface area contributed by atoms with Crippen molar-refractivity contribution < 1.29 is 8.78 Å². The zero-order valence-electron chi connectivity index (χ0n) is 7.87. The van der Waals surface area contributed by atoms with Crippen LogP contribution in [0, 0.1) is 11.3 Å². The number of halogens is 2. The second-order valence-corrected chi connectivity index (χ2v) is 2.91. The molecule has 80 valence electrons. The van der Waals surface area contributed by atoms with Gasteiger partial charge in [-0.1, -0.05) is 0 Å². The number of hydrogen-bond donors (Lipinski definition) is 2. The van der Waals surface area contributed by atoms with Crippen molar-refractivity contribution in [2.24, 2.45) is 5.73 Å². The minimum Gasteiger partial charge on any atom is -0.397 e. The Hall–Kier alpha value is -1.74. The number of nitrogens with two attached hydrogens (primary N) is 2. The van der Waals surface area contributed by atoms with Crippen LogP contribution in [0.1, 0.15) is 23.4 Å². The van der Waals surface area contributed by atoms with Crippen molar-refractivity contribution >= 4 is 5.69 Å². The highest BCUT2D eigenvalue weighted by atomic mass is 19.3. The Morgan fingerprint density at radius 3 is 2.67 bits per heavy atom. The smallest absolute Gasteiger partial charge is 0.282 e. The molecule has 15 heavy (non-hydrogen) atoms. The highest BCUT2D eigenvalue weighted by Crippen LogP contribution is 2.26. The fraction of sp³-hybridized carbons (Fsp3) is 0.333. The van der Waals surface area contributed by atoms with Crippen LogP contribution in [0.3, 0.4) is 0 Å². The predicted molar refractivity (Wildman–Crippen MR) is 50.8 cm³/mol. The van der Waals surface area contributed by atoms with Gasteiger partial charge in [0, 0.05) is 6.54 Å². The van der Waals surface area contributed by atoms with E-state index in [1.165, 1.54) is 6.07 Å². The average molecular weight is 212 g/mol. The normalized spacial score (nSPS) is 10.3. The lowest BCUT2D eigenvalue weighted by atomic mass is 10.1. The van der Waals surface area contributed by atoms with Gasteiger partial charge in [-0.25, -0.2) is 13.8 Å². The van der Waals surface area contributed by atoms with Crippen LogP contribution < -0.4 is 11.5 Å². The van der Waals surface area contributed by atoms with Gasteiger partial charge in [-0.3, -0.25) is 0 Å². The first-order valence-electron chi connectivity index (χ1n) is 4.23. The first-order chi connectivity index (χ1) is 7.10. The molecule has 0 saturated heterocycles. The monoisotopic (exact) mass is 212 g/mol. The quantitative estimate of drug-likeness (QED) is 0.785. The van der Waals surface area contributed by atoms with Gasteiger partial charge in [0.25, 0.3) is 6.43 Å². The van der Waals surface area contributed by atoms with Crippen LogP contribution in [0.15, 0.2) is 6.07 Å². The van der Waals surface area contributed by atoms with Crippen molar-refractivity contribution in [3.63, 3.8) is 0 Å². The molecule has 0 atom stereocenters. The van der Waals surface area contributed by atoms with Crippen molar-refractivity contribution in [1.29, 1.82) is 5.26 Å². The van der Waals surface area contributed by atoms with Gasteiger partial charge >= 0.3 is 0 Å². The zero-order chi connectivity index (χ0) is 11.4. The molecule has 0 spiro atoms. The van der Waals surface area contributed by atoms with E-state index in [2.05, 4.69) is 4.98 Å². The molecule has 0 aromatic carbocycles. The average Bonchev–Trinajstić information content (AvgIpc) is 2.21. The Balaban J connectivity index is 3.28. The van der Waals surface area contributed by atoms with Crippen LogP contribution in [0.25, 0.3) is 0 Å². The third-order valence-electron chi connectivity index (χ3n) is 1.91. The molecule has 1 heterocycles. The SMILES string of the molecule is N#CCc1cc(CN)nc(C(F)F)c1N. The number of nitrogens with zero attached hydrogens (tertiary/aromatic N) is 2. The highest BCUT2D eigenvalue weighted by Gasteiger charge is 2.17. The Labute approximate surface area is 85.5 Å². The van der Waals surface area contributed by atoms with Crippen molar-refractivity contribution in [2.75, 3.05) is 5.73 Å². The Morgan fingerprint density at radius 1 is 1.53 bits per heavy atom. The van der Waals surface area contributed by atoms with Gasteiger partial charge in [0.15, 0.2) is 0 Å². The number of nitriles is 1. The van der Waals surface area contributed by atoms with E-state index < -0.39 is 12.1 Å². The van der Waals surface area contributed by atoms with Crippen LogP contribution in [0.5, 0.6) is 0 Å². The van der Waals surface area contributed by atoms with Crippen molar-refractivity contribution in [2.45, 2.75) is 19.4 Å². The first-order valence-corrected chi connectivity index (χ1v) is 4.23. The molecule has 0 aliphatic rings. The maximum atomic E-state index is 12.5. The van der Waals surface area contributed by atoms with E-state index in [9.17, 15) is 8.78 Å². The van der Waals surface area contributed by atoms with E-state index >= 15 is 0 Å². The molecule has 4 N–H and O–H groups in total. The molecule has 1 aromatic heterocycles. The van der Waals surface area contributed by atoms with Crippen LogP contribution in [-0.4, -0.2) is 4.98 Å². The summed E-state index contributed by atoms with van der Waals surface area (Å²) in [5, 5.41) is 8.49. The third-order valence-corrected chi connectivity index (χ3v) is 1.91. The number of aromatic nitrogens is 1. The van der Waals surface area contributed by atoms with Gasteiger partial charge < -0.3 is 11.5 Å². The highest BCUT2D eigenvalue weighted by molar-refractivity contribution is 5.53. The number of hydrogen-bond acceptors (Lipinski definition) is 4. The Kier molecular flexibility index (Phi) is 3.52. The Morgan fingerprint density at radius 2 is 2.20 bits per heavy atom. The molecule has 0 fully saturated rings. The molecule has 1 aromatic rings. The van der Waals surface area contributed by atoms with E-state index in [0.29, 0.717) is 11.3 Å². The lowest BCUT2D eigenvalue weighted by molar-refractivity contribution is 0.146. The molecule has 6 heteroatoms. The standard InChI is InChI=1S/C9H10F2N4/c10-9(11)8-7(14)5(1-2-12)3-6(4-13)15-8/h3,9H,1,4,13-14H2. The number of rotatable bonds is 3. The first kappa shape index (κ1) is 11.3. The summed E-state index contributed by atoms with van der Waals surface area (Å²) in [7, 11) is 0. The summed E-state index contributed by atoms with van der Waals surface area (Å²) >= 11 is 0. The van der Waals surface area contributed by atoms with Crippen LogP contribution >= 0.6 is 0 Å². The number of anilines is 1. The molecule has 0 amide bonds. The zero-order valence-corrected chi connectivity index (χ0v) is 7.87. The molecular weight excluding hydrogens is 202 g/mol. The maximum absolute atomic E-state index is 12.5. The second kappa shape index (κ2) is 4.66. The minimum absolute atomic E-state index is 0.0267. The fourth-order valence-electron chi connectivity index (χ4n) is 1.19. The molecule has 0 saturated carbocycles. The number of pyridine rings is 1. The second-order valence-electron chi connectivity index (χ2n) is 2.91. The van der Waals surface area contributed by atoms with Gasteiger partial charge in [-0.05, 0) is 11.6 Å². The number of alkyl halides is 2. The minimum atomic E-state index is -2.76. The predicted octanol–water partition coefficient (Wildman–Crippen LogP) is 1.13. The molecule has 0 radical (unpaired) electrons. The summed E-state index contributed by atoms with van der Waals surface area (Å²) in [6, 6.07) is 3.33. The lowest BCUT2D eigenvalue weighted by Gasteiger charge is -2.09. The molecule has 1 rings (SSSR count). The van der Waals surface area contributed by atoms with Crippen molar-refractivity contribution in [1.82, 2.24) is 4.98 Å². The maximum Gasteiger partial charge on any atom is 0.282 e. The van der Waals surface area contributed by atoms with Gasteiger partial charge in [-0.2, -0.15) is 5.26 Å². The summed E-state index contributed by atoms with van der Waals surface area (Å²) in [6.07, 6.45) is -2.78. The van der Waals surface area contributed by atoms with E-state index in [1.54, 1.807) is 0 Å². The van der Waals surface area contributed by atoms with Gasteiger partial charge in [-0.15, -0.1) is 0 Å². The molecular formula is C9H10F2N4.